The molecule has 2 aromatic carbocycles. The Hall–Kier alpha value is -2.82. The van der Waals surface area contributed by atoms with E-state index in [9.17, 15) is 4.79 Å². The molecule has 5 heteroatoms. The van der Waals surface area contributed by atoms with Crippen LogP contribution in [0.15, 0.2) is 48.5 Å². The lowest BCUT2D eigenvalue weighted by Gasteiger charge is -2.13. The summed E-state index contributed by atoms with van der Waals surface area (Å²) in [6.07, 6.45) is 3.35. The summed E-state index contributed by atoms with van der Waals surface area (Å²) >= 11 is 0. The molecule has 0 bridgehead atoms. The third kappa shape index (κ3) is 5.62. The fourth-order valence-corrected chi connectivity index (χ4v) is 3.55. The molecule has 1 atom stereocenters. The minimum Gasteiger partial charge on any atom is -0.492 e. The zero-order valence-electron chi connectivity index (χ0n) is 18.4. The van der Waals surface area contributed by atoms with E-state index in [0.717, 1.165) is 48.4 Å². The van der Waals surface area contributed by atoms with Gasteiger partial charge < -0.3 is 14.6 Å². The lowest BCUT2D eigenvalue weighted by molar-refractivity contribution is -0.120. The highest BCUT2D eigenvalue weighted by Gasteiger charge is 2.11. The Labute approximate surface area is 179 Å². The standard InChI is InChI=1S/C25H33N3O2/c1-4-19(3)20-12-14-21(15-13-20)30-18-17-28-23-10-7-6-9-22(23)27-24(28)11-8-16-26-25(29)5-2/h6-7,9-10,12-15,19H,4-5,8,11,16-18H2,1-3H3,(H,26,29). The van der Waals surface area contributed by atoms with E-state index in [1.54, 1.807) is 0 Å². The number of benzene rings is 2. The van der Waals surface area contributed by atoms with Gasteiger partial charge in [-0.1, -0.05) is 45.0 Å². The highest BCUT2D eigenvalue weighted by atomic mass is 16.5. The van der Waals surface area contributed by atoms with Crippen molar-refractivity contribution in [3.05, 3.63) is 59.9 Å². The predicted octanol–water partition coefficient (Wildman–Crippen LogP) is 5.09. The number of rotatable bonds is 11. The number of hydrogen-bond acceptors (Lipinski definition) is 3. The number of nitrogens with zero attached hydrogens (tertiary/aromatic N) is 2. The van der Waals surface area contributed by atoms with Gasteiger partial charge in [0.1, 0.15) is 18.2 Å². The number of fused-ring (bicyclic) bond motifs is 1. The lowest BCUT2D eigenvalue weighted by atomic mass is 9.99. The van der Waals surface area contributed by atoms with Crippen LogP contribution in [-0.2, 0) is 17.8 Å². The number of carbonyl (C=O) groups excluding carboxylic acids is 1. The van der Waals surface area contributed by atoms with Crippen LogP contribution in [0.5, 0.6) is 5.75 Å². The first-order chi connectivity index (χ1) is 14.6. The summed E-state index contributed by atoms with van der Waals surface area (Å²) in [4.78, 5) is 16.2. The van der Waals surface area contributed by atoms with Gasteiger partial charge in [-0.25, -0.2) is 4.98 Å². The maximum absolute atomic E-state index is 11.4. The van der Waals surface area contributed by atoms with Gasteiger partial charge >= 0.3 is 0 Å². The van der Waals surface area contributed by atoms with Gasteiger partial charge in [0, 0.05) is 19.4 Å². The molecule has 3 rings (SSSR count). The zero-order chi connectivity index (χ0) is 21.3. The first kappa shape index (κ1) is 21.9. The van der Waals surface area contributed by atoms with Gasteiger partial charge in [-0.2, -0.15) is 0 Å². The quantitative estimate of drug-likeness (QED) is 0.451. The minimum atomic E-state index is 0.0938. The number of amides is 1. The highest BCUT2D eigenvalue weighted by molar-refractivity contribution is 5.76. The van der Waals surface area contributed by atoms with E-state index in [-0.39, 0.29) is 5.91 Å². The summed E-state index contributed by atoms with van der Waals surface area (Å²) < 4.78 is 8.26. The van der Waals surface area contributed by atoms with Crippen LogP contribution >= 0.6 is 0 Å². The van der Waals surface area contributed by atoms with Crippen molar-refractivity contribution in [2.45, 2.75) is 58.9 Å². The third-order valence-corrected chi connectivity index (χ3v) is 5.60. The Morgan fingerprint density at radius 2 is 1.90 bits per heavy atom. The molecule has 0 saturated heterocycles. The minimum absolute atomic E-state index is 0.0938. The maximum Gasteiger partial charge on any atom is 0.219 e. The van der Waals surface area contributed by atoms with E-state index in [1.165, 1.54) is 5.56 Å². The second-order valence-electron chi connectivity index (χ2n) is 7.70. The van der Waals surface area contributed by atoms with Crippen molar-refractivity contribution in [3.8, 4) is 5.75 Å². The summed E-state index contributed by atoms with van der Waals surface area (Å²) in [5.74, 6) is 2.60. The number of aryl methyl sites for hydroxylation is 1. The second kappa shape index (κ2) is 10.8. The first-order valence-corrected chi connectivity index (χ1v) is 11.1. The molecule has 0 aliphatic rings. The molecule has 30 heavy (non-hydrogen) atoms. The SMILES string of the molecule is CCC(=O)NCCCc1nc2ccccc2n1CCOc1ccc(C(C)CC)cc1. The smallest absolute Gasteiger partial charge is 0.219 e. The van der Waals surface area contributed by atoms with Crippen LogP contribution in [0.1, 0.15) is 57.3 Å². The molecule has 0 aliphatic carbocycles. The lowest BCUT2D eigenvalue weighted by Crippen LogP contribution is -2.23. The third-order valence-electron chi connectivity index (χ3n) is 5.60. The molecule has 0 spiro atoms. The molecule has 0 fully saturated rings. The van der Waals surface area contributed by atoms with Gasteiger partial charge in [-0.05, 0) is 48.6 Å². The maximum atomic E-state index is 11.4. The van der Waals surface area contributed by atoms with Crippen molar-refractivity contribution in [1.82, 2.24) is 14.9 Å². The molecular weight excluding hydrogens is 374 g/mol. The van der Waals surface area contributed by atoms with Gasteiger partial charge in [0.25, 0.3) is 0 Å². The molecule has 160 valence electrons. The van der Waals surface area contributed by atoms with Gasteiger partial charge in [0.15, 0.2) is 0 Å². The molecule has 0 saturated carbocycles. The van der Waals surface area contributed by atoms with Crippen LogP contribution in [0.3, 0.4) is 0 Å². The van der Waals surface area contributed by atoms with E-state index in [0.29, 0.717) is 25.5 Å². The average Bonchev–Trinajstić information content (AvgIpc) is 3.14. The van der Waals surface area contributed by atoms with Crippen molar-refractivity contribution >= 4 is 16.9 Å². The van der Waals surface area contributed by atoms with Gasteiger partial charge in [-0.15, -0.1) is 0 Å². The van der Waals surface area contributed by atoms with Crippen molar-refractivity contribution in [2.75, 3.05) is 13.2 Å². The molecule has 1 unspecified atom stereocenters. The summed E-state index contributed by atoms with van der Waals surface area (Å²) in [7, 11) is 0. The fraction of sp³-hybridized carbons (Fsp3) is 0.440. The molecule has 0 radical (unpaired) electrons. The van der Waals surface area contributed by atoms with Crippen LogP contribution in [0.2, 0.25) is 0 Å². The molecule has 5 nitrogen and oxygen atoms in total. The molecule has 1 N–H and O–H groups in total. The Morgan fingerprint density at radius 3 is 2.63 bits per heavy atom. The van der Waals surface area contributed by atoms with E-state index < -0.39 is 0 Å². The topological polar surface area (TPSA) is 56.2 Å². The molecule has 0 aliphatic heterocycles. The average molecular weight is 408 g/mol. The van der Waals surface area contributed by atoms with E-state index in [1.807, 2.05) is 25.1 Å². The number of hydrogen-bond donors (Lipinski definition) is 1. The predicted molar refractivity (Wildman–Crippen MR) is 122 cm³/mol. The molecule has 1 heterocycles. The van der Waals surface area contributed by atoms with E-state index in [4.69, 9.17) is 9.72 Å². The number of aromatic nitrogens is 2. The van der Waals surface area contributed by atoms with E-state index >= 15 is 0 Å². The number of imidazole rings is 1. The van der Waals surface area contributed by atoms with Crippen LogP contribution < -0.4 is 10.1 Å². The summed E-state index contributed by atoms with van der Waals surface area (Å²) in [6.45, 7) is 8.32. The Morgan fingerprint density at radius 1 is 1.13 bits per heavy atom. The van der Waals surface area contributed by atoms with Crippen molar-refractivity contribution in [2.24, 2.45) is 0 Å². The van der Waals surface area contributed by atoms with Gasteiger partial charge in [0.2, 0.25) is 5.91 Å². The molecule has 1 amide bonds. The van der Waals surface area contributed by atoms with Crippen molar-refractivity contribution in [3.63, 3.8) is 0 Å². The largest absolute Gasteiger partial charge is 0.492 e. The zero-order valence-corrected chi connectivity index (χ0v) is 18.4. The normalized spacial score (nSPS) is 12.1. The monoisotopic (exact) mass is 407 g/mol. The van der Waals surface area contributed by atoms with Crippen molar-refractivity contribution in [1.29, 1.82) is 0 Å². The summed E-state index contributed by atoms with van der Waals surface area (Å²) in [5, 5.41) is 2.94. The second-order valence-corrected chi connectivity index (χ2v) is 7.70. The highest BCUT2D eigenvalue weighted by Crippen LogP contribution is 2.22. The fourth-order valence-electron chi connectivity index (χ4n) is 3.55. The summed E-state index contributed by atoms with van der Waals surface area (Å²) in [6, 6.07) is 16.6. The molecule has 1 aromatic heterocycles. The number of nitrogens with one attached hydrogen (secondary N) is 1. The Balaban J connectivity index is 1.62. The van der Waals surface area contributed by atoms with Crippen molar-refractivity contribution < 1.29 is 9.53 Å². The molecular formula is C25H33N3O2. The Bertz CT molecular complexity index is 947. The van der Waals surface area contributed by atoms with Crippen LogP contribution in [-0.4, -0.2) is 28.6 Å². The van der Waals surface area contributed by atoms with Gasteiger partial charge in [-0.3, -0.25) is 4.79 Å². The van der Waals surface area contributed by atoms with E-state index in [2.05, 4.69) is 54.1 Å². The number of carbonyl (C=O) groups is 1. The van der Waals surface area contributed by atoms with Crippen LogP contribution in [0, 0.1) is 0 Å². The molecule has 3 aromatic rings. The summed E-state index contributed by atoms with van der Waals surface area (Å²) in [5.41, 5.74) is 3.48. The first-order valence-electron chi connectivity index (χ1n) is 11.1. The van der Waals surface area contributed by atoms with Crippen LogP contribution in [0.4, 0.5) is 0 Å². The van der Waals surface area contributed by atoms with Gasteiger partial charge in [0.05, 0.1) is 17.6 Å². The Kier molecular flexibility index (Phi) is 7.89. The number of para-hydroxylation sites is 2. The number of ether oxygens (including phenoxy) is 1. The van der Waals surface area contributed by atoms with Crippen LogP contribution in [0.25, 0.3) is 11.0 Å².